The molecule has 4 unspecified atom stereocenters. The molecule has 0 bridgehead atoms. The molecule has 0 spiro atoms. The Morgan fingerprint density at radius 2 is 1.46 bits per heavy atom. The number of carboxylic acid groups (broad SMARTS) is 2. The zero-order valence-corrected chi connectivity index (χ0v) is 19.5. The van der Waals surface area contributed by atoms with Crippen LogP contribution in [0.1, 0.15) is 18.4 Å². The summed E-state index contributed by atoms with van der Waals surface area (Å²) in [7, 11) is 0. The molecule has 0 aliphatic rings. The molecule has 0 aliphatic heterocycles. The van der Waals surface area contributed by atoms with Crippen LogP contribution in [0.3, 0.4) is 0 Å². The zero-order valence-electron chi connectivity index (χ0n) is 19.5. The van der Waals surface area contributed by atoms with Gasteiger partial charge in [-0.25, -0.2) is 4.79 Å². The summed E-state index contributed by atoms with van der Waals surface area (Å²) >= 11 is 0. The monoisotopic (exact) mass is 520 g/mol. The van der Waals surface area contributed by atoms with Crippen LogP contribution in [0.5, 0.6) is 0 Å². The average Bonchev–Trinajstić information content (AvgIpc) is 3.23. The zero-order chi connectivity index (χ0) is 27.7. The molecule has 11 N–H and O–H groups in total. The van der Waals surface area contributed by atoms with Gasteiger partial charge in [0.2, 0.25) is 23.6 Å². The minimum Gasteiger partial charge on any atom is -0.481 e. The summed E-state index contributed by atoms with van der Waals surface area (Å²) in [4.78, 5) is 74.8. The van der Waals surface area contributed by atoms with Crippen molar-refractivity contribution in [3.63, 3.8) is 0 Å². The van der Waals surface area contributed by atoms with Crippen molar-refractivity contribution in [3.05, 3.63) is 36.0 Å². The molecule has 15 nitrogen and oxygen atoms in total. The van der Waals surface area contributed by atoms with Crippen LogP contribution in [0.4, 0.5) is 0 Å². The maximum absolute atomic E-state index is 13.0. The third kappa shape index (κ3) is 8.29. The van der Waals surface area contributed by atoms with Gasteiger partial charge in [0, 0.05) is 23.5 Å². The smallest absolute Gasteiger partial charge is 0.328 e. The first-order valence-corrected chi connectivity index (χ1v) is 11.0. The maximum atomic E-state index is 13.0. The number of H-pyrrole nitrogens is 1. The predicted molar refractivity (Wildman–Crippen MR) is 127 cm³/mol. The van der Waals surface area contributed by atoms with E-state index in [1.807, 2.05) is 0 Å². The van der Waals surface area contributed by atoms with Crippen molar-refractivity contribution in [1.82, 2.24) is 20.9 Å². The Morgan fingerprint density at radius 1 is 0.865 bits per heavy atom. The number of hydrogen-bond acceptors (Lipinski definition) is 8. The van der Waals surface area contributed by atoms with E-state index in [0.29, 0.717) is 10.9 Å². The molecule has 1 heterocycles. The third-order valence-corrected chi connectivity index (χ3v) is 5.30. The second-order valence-corrected chi connectivity index (χ2v) is 8.14. The van der Waals surface area contributed by atoms with Crippen LogP contribution in [0.25, 0.3) is 10.9 Å². The van der Waals surface area contributed by atoms with Gasteiger partial charge in [-0.3, -0.25) is 24.0 Å². The van der Waals surface area contributed by atoms with Crippen molar-refractivity contribution in [2.75, 3.05) is 6.61 Å². The number of fused-ring (bicyclic) bond motifs is 1. The van der Waals surface area contributed by atoms with Crippen molar-refractivity contribution in [2.45, 2.75) is 43.4 Å². The molecule has 15 heteroatoms. The highest BCUT2D eigenvalue weighted by Gasteiger charge is 2.32. The van der Waals surface area contributed by atoms with Gasteiger partial charge in [-0.05, 0) is 11.6 Å². The lowest BCUT2D eigenvalue weighted by Crippen LogP contribution is -2.58. The third-order valence-electron chi connectivity index (χ3n) is 5.30. The summed E-state index contributed by atoms with van der Waals surface area (Å²) in [5, 5.41) is 34.6. The first-order valence-electron chi connectivity index (χ1n) is 11.0. The first-order chi connectivity index (χ1) is 17.4. The highest BCUT2D eigenvalue weighted by molar-refractivity contribution is 5.97. The summed E-state index contributed by atoms with van der Waals surface area (Å²) in [5.41, 5.74) is 12.0. The van der Waals surface area contributed by atoms with Gasteiger partial charge in [-0.2, -0.15) is 0 Å². The van der Waals surface area contributed by atoms with Gasteiger partial charge >= 0.3 is 11.9 Å². The van der Waals surface area contributed by atoms with Gasteiger partial charge in [-0.15, -0.1) is 0 Å². The van der Waals surface area contributed by atoms with E-state index in [1.165, 1.54) is 0 Å². The van der Waals surface area contributed by atoms with Crippen LogP contribution in [0.15, 0.2) is 30.5 Å². The van der Waals surface area contributed by atoms with Gasteiger partial charge < -0.3 is 47.7 Å². The number of hydrogen-bond donors (Lipinski definition) is 9. The van der Waals surface area contributed by atoms with Crippen molar-refractivity contribution < 1.29 is 44.1 Å². The van der Waals surface area contributed by atoms with Gasteiger partial charge in [0.25, 0.3) is 0 Å². The molecule has 2 rings (SSSR count). The number of primary amides is 1. The van der Waals surface area contributed by atoms with E-state index in [4.69, 9.17) is 21.7 Å². The summed E-state index contributed by atoms with van der Waals surface area (Å²) in [6, 6.07) is 0.828. The fourth-order valence-corrected chi connectivity index (χ4v) is 3.43. The standard InChI is InChI=1S/C22H28N6O9/c23-12(6-18(31)32)19(33)26-15(7-17(24)30)21(35)27-14(20(34)28-16(9-29)22(36)37)5-10-8-25-13-4-2-1-3-11(10)13/h1-4,8,12,14-16,25,29H,5-7,9,23H2,(H2,24,30)(H,26,33)(H,27,35)(H,28,34)(H,31,32)(H,36,37). The lowest BCUT2D eigenvalue weighted by Gasteiger charge is -2.24. The van der Waals surface area contributed by atoms with Gasteiger partial charge in [-0.1, -0.05) is 18.2 Å². The van der Waals surface area contributed by atoms with Crippen molar-refractivity contribution >= 4 is 46.5 Å². The first kappa shape index (κ1) is 28.7. The van der Waals surface area contributed by atoms with Gasteiger partial charge in [0.1, 0.15) is 18.1 Å². The van der Waals surface area contributed by atoms with Gasteiger partial charge in [0.05, 0.1) is 25.5 Å². The highest BCUT2D eigenvalue weighted by atomic mass is 16.4. The number of aliphatic carboxylic acids is 2. The minimum atomic E-state index is -1.66. The van der Waals surface area contributed by atoms with Crippen LogP contribution in [0.2, 0.25) is 0 Å². The number of carboxylic acids is 2. The molecule has 0 radical (unpaired) electrons. The number of carbonyl (C=O) groups is 6. The summed E-state index contributed by atoms with van der Waals surface area (Å²) < 4.78 is 0. The Balaban J connectivity index is 2.30. The van der Waals surface area contributed by atoms with Crippen molar-refractivity contribution in [1.29, 1.82) is 0 Å². The van der Waals surface area contributed by atoms with E-state index in [9.17, 15) is 33.9 Å². The molecule has 200 valence electrons. The Labute approximate surface area is 209 Å². The number of para-hydroxylation sites is 1. The van der Waals surface area contributed by atoms with Crippen LogP contribution >= 0.6 is 0 Å². The largest absolute Gasteiger partial charge is 0.481 e. The molecular weight excluding hydrogens is 492 g/mol. The van der Waals surface area contributed by atoms with E-state index in [2.05, 4.69) is 20.9 Å². The molecule has 0 fully saturated rings. The number of benzene rings is 1. The summed E-state index contributed by atoms with van der Waals surface area (Å²) in [6.45, 7) is -0.920. The number of aliphatic hydroxyl groups excluding tert-OH is 1. The number of amides is 4. The molecule has 1 aromatic carbocycles. The molecule has 0 aliphatic carbocycles. The summed E-state index contributed by atoms with van der Waals surface area (Å²) in [6.07, 6.45) is -0.00616. The van der Waals surface area contributed by atoms with Crippen molar-refractivity contribution in [3.8, 4) is 0 Å². The normalized spacial score (nSPS) is 14.1. The quantitative estimate of drug-likeness (QED) is 0.121. The molecule has 4 atom stereocenters. The second kappa shape index (κ2) is 13.0. The van der Waals surface area contributed by atoms with Crippen LogP contribution in [-0.2, 0) is 35.2 Å². The summed E-state index contributed by atoms with van der Waals surface area (Å²) in [5.74, 6) is -6.92. The van der Waals surface area contributed by atoms with E-state index < -0.39 is 79.2 Å². The Hall–Kier alpha value is -4.50. The lowest BCUT2D eigenvalue weighted by molar-refractivity contribution is -0.143. The number of nitrogens with one attached hydrogen (secondary N) is 4. The average molecular weight is 520 g/mol. The minimum absolute atomic E-state index is 0.144. The van der Waals surface area contributed by atoms with Crippen LogP contribution < -0.4 is 27.4 Å². The number of rotatable bonds is 14. The predicted octanol–water partition coefficient (Wildman–Crippen LogP) is -3.08. The molecule has 37 heavy (non-hydrogen) atoms. The van der Waals surface area contributed by atoms with E-state index in [0.717, 1.165) is 5.52 Å². The van der Waals surface area contributed by atoms with Crippen LogP contribution in [-0.4, -0.2) is 86.6 Å². The van der Waals surface area contributed by atoms with E-state index in [1.54, 1.807) is 30.5 Å². The molecule has 2 aromatic rings. The SMILES string of the molecule is NC(=O)CC(NC(=O)C(N)CC(=O)O)C(=O)NC(Cc1c[nH]c2ccccc12)C(=O)NC(CO)C(=O)O. The number of aromatic nitrogens is 1. The fraction of sp³-hybridized carbons (Fsp3) is 0.364. The molecule has 4 amide bonds. The van der Waals surface area contributed by atoms with E-state index in [-0.39, 0.29) is 6.42 Å². The topological polar surface area (TPSA) is 267 Å². The second-order valence-electron chi connectivity index (χ2n) is 8.14. The Bertz CT molecular complexity index is 1180. The highest BCUT2D eigenvalue weighted by Crippen LogP contribution is 2.19. The number of aromatic amines is 1. The Morgan fingerprint density at radius 3 is 2.05 bits per heavy atom. The van der Waals surface area contributed by atoms with Gasteiger partial charge in [0.15, 0.2) is 0 Å². The lowest BCUT2D eigenvalue weighted by atomic mass is 10.0. The molecule has 0 saturated carbocycles. The Kier molecular flexibility index (Phi) is 10.1. The number of nitrogens with two attached hydrogens (primary N) is 2. The fourth-order valence-electron chi connectivity index (χ4n) is 3.43. The number of carbonyl (C=O) groups excluding carboxylic acids is 4. The molecule has 0 saturated heterocycles. The van der Waals surface area contributed by atoms with Crippen molar-refractivity contribution in [2.24, 2.45) is 11.5 Å². The molecule has 1 aromatic heterocycles. The van der Waals surface area contributed by atoms with E-state index >= 15 is 0 Å². The maximum Gasteiger partial charge on any atom is 0.328 e. The van der Waals surface area contributed by atoms with Crippen LogP contribution in [0, 0.1) is 0 Å². The molecular formula is C22H28N6O9. The number of aliphatic hydroxyl groups is 1.